The molecular formula is C18H22N2O3S2. The average Bonchev–Trinajstić information content (AvgIpc) is 3.10. The Labute approximate surface area is 152 Å². The van der Waals surface area contributed by atoms with Crippen molar-refractivity contribution in [2.45, 2.75) is 19.1 Å². The van der Waals surface area contributed by atoms with Gasteiger partial charge in [0.25, 0.3) is 5.91 Å². The lowest BCUT2D eigenvalue weighted by molar-refractivity contribution is 0.0701. The molecule has 25 heavy (non-hydrogen) atoms. The van der Waals surface area contributed by atoms with Gasteiger partial charge in [-0.15, -0.1) is 11.3 Å². The zero-order valence-corrected chi connectivity index (χ0v) is 15.9. The molecule has 134 valence electrons. The molecule has 0 atom stereocenters. The molecule has 1 fully saturated rings. The molecule has 0 bridgehead atoms. The molecule has 1 aromatic carbocycles. The number of benzene rings is 1. The summed E-state index contributed by atoms with van der Waals surface area (Å²) >= 11 is 1.46. The molecule has 3 rings (SSSR count). The topological polar surface area (TPSA) is 57.7 Å². The van der Waals surface area contributed by atoms with Crippen molar-refractivity contribution >= 4 is 27.3 Å². The number of aryl methyl sites for hydroxylation is 1. The van der Waals surface area contributed by atoms with E-state index in [9.17, 15) is 13.2 Å². The largest absolute Gasteiger partial charge is 0.335 e. The molecule has 5 nitrogen and oxygen atoms in total. The van der Waals surface area contributed by atoms with Crippen molar-refractivity contribution in [2.24, 2.45) is 0 Å². The standard InChI is InChI=1S/C18H22N2O3S2/c1-2-16-8-13-24-17(16)18(21)19-9-11-20(12-10-19)25(22,23)14-15-6-4-3-5-7-15/h3-8,13H,2,9-12,14H2,1H3. The maximum atomic E-state index is 12.7. The molecule has 0 aliphatic carbocycles. The Balaban J connectivity index is 1.62. The second-order valence-electron chi connectivity index (χ2n) is 6.06. The molecule has 1 amide bonds. The van der Waals surface area contributed by atoms with Crippen molar-refractivity contribution in [3.05, 3.63) is 57.8 Å². The van der Waals surface area contributed by atoms with Gasteiger partial charge >= 0.3 is 0 Å². The fraction of sp³-hybridized carbons (Fsp3) is 0.389. The van der Waals surface area contributed by atoms with Gasteiger partial charge in [-0.2, -0.15) is 4.31 Å². The summed E-state index contributed by atoms with van der Waals surface area (Å²) in [5, 5.41) is 1.94. The van der Waals surface area contributed by atoms with E-state index < -0.39 is 10.0 Å². The highest BCUT2D eigenvalue weighted by atomic mass is 32.2. The minimum atomic E-state index is -3.35. The van der Waals surface area contributed by atoms with Gasteiger partial charge in [-0.25, -0.2) is 8.42 Å². The summed E-state index contributed by atoms with van der Waals surface area (Å²) < 4.78 is 26.7. The maximum absolute atomic E-state index is 12.7. The van der Waals surface area contributed by atoms with Crippen LogP contribution in [0.15, 0.2) is 41.8 Å². The van der Waals surface area contributed by atoms with E-state index in [0.29, 0.717) is 26.2 Å². The smallest absolute Gasteiger partial charge is 0.264 e. The Morgan fingerprint density at radius 1 is 1.08 bits per heavy atom. The molecule has 0 unspecified atom stereocenters. The van der Waals surface area contributed by atoms with Crippen LogP contribution < -0.4 is 0 Å². The summed E-state index contributed by atoms with van der Waals surface area (Å²) in [6, 6.07) is 11.2. The highest BCUT2D eigenvalue weighted by molar-refractivity contribution is 7.88. The molecule has 0 N–H and O–H groups in total. The van der Waals surface area contributed by atoms with Crippen LogP contribution in [0.25, 0.3) is 0 Å². The first kappa shape index (κ1) is 18.1. The van der Waals surface area contributed by atoms with Crippen LogP contribution in [0, 0.1) is 0 Å². The van der Waals surface area contributed by atoms with Crippen LogP contribution in [0.2, 0.25) is 0 Å². The van der Waals surface area contributed by atoms with E-state index in [0.717, 1.165) is 22.4 Å². The minimum absolute atomic E-state index is 0.00664. The number of thiophene rings is 1. The summed E-state index contributed by atoms with van der Waals surface area (Å²) in [5.74, 6) is 0.0270. The lowest BCUT2D eigenvalue weighted by atomic mass is 10.2. The second kappa shape index (κ2) is 7.68. The molecule has 1 aromatic heterocycles. The summed E-state index contributed by atoms with van der Waals surface area (Å²) in [5.41, 5.74) is 1.85. The molecule has 0 saturated carbocycles. The Morgan fingerprint density at radius 2 is 1.76 bits per heavy atom. The lowest BCUT2D eigenvalue weighted by Crippen LogP contribution is -2.50. The maximum Gasteiger partial charge on any atom is 0.264 e. The van der Waals surface area contributed by atoms with E-state index in [4.69, 9.17) is 0 Å². The van der Waals surface area contributed by atoms with Crippen LogP contribution in [-0.4, -0.2) is 49.7 Å². The van der Waals surface area contributed by atoms with Gasteiger partial charge in [0.1, 0.15) is 0 Å². The number of hydrogen-bond donors (Lipinski definition) is 0. The predicted octanol–water partition coefficient (Wildman–Crippen LogP) is 2.60. The highest BCUT2D eigenvalue weighted by Gasteiger charge is 2.30. The van der Waals surface area contributed by atoms with Crippen LogP contribution in [0.4, 0.5) is 0 Å². The first-order valence-corrected chi connectivity index (χ1v) is 10.9. The molecule has 2 heterocycles. The number of nitrogens with zero attached hydrogens (tertiary/aromatic N) is 2. The first-order chi connectivity index (χ1) is 12.0. The SMILES string of the molecule is CCc1ccsc1C(=O)N1CCN(S(=O)(=O)Cc2ccccc2)CC1. The lowest BCUT2D eigenvalue weighted by Gasteiger charge is -2.34. The minimum Gasteiger partial charge on any atom is -0.335 e. The Bertz CT molecular complexity index is 823. The number of sulfonamides is 1. The van der Waals surface area contributed by atoms with Gasteiger partial charge in [-0.3, -0.25) is 4.79 Å². The average molecular weight is 379 g/mol. The van der Waals surface area contributed by atoms with Crippen LogP contribution in [0.3, 0.4) is 0 Å². The van der Waals surface area contributed by atoms with E-state index in [2.05, 4.69) is 0 Å². The van der Waals surface area contributed by atoms with Crippen LogP contribution in [0.1, 0.15) is 27.7 Å². The number of piperazine rings is 1. The zero-order chi connectivity index (χ0) is 17.9. The van der Waals surface area contributed by atoms with Gasteiger partial charge in [0.2, 0.25) is 10.0 Å². The van der Waals surface area contributed by atoms with Gasteiger partial charge in [0.15, 0.2) is 0 Å². The van der Waals surface area contributed by atoms with E-state index in [1.54, 1.807) is 4.90 Å². The van der Waals surface area contributed by atoms with Gasteiger partial charge in [0.05, 0.1) is 10.6 Å². The van der Waals surface area contributed by atoms with Crippen molar-refractivity contribution in [2.75, 3.05) is 26.2 Å². The van der Waals surface area contributed by atoms with Crippen molar-refractivity contribution in [3.8, 4) is 0 Å². The molecule has 7 heteroatoms. The Hall–Kier alpha value is -1.70. The van der Waals surface area contributed by atoms with Crippen molar-refractivity contribution in [1.29, 1.82) is 0 Å². The van der Waals surface area contributed by atoms with Crippen molar-refractivity contribution in [3.63, 3.8) is 0 Å². The Morgan fingerprint density at radius 3 is 2.40 bits per heavy atom. The third kappa shape index (κ3) is 4.11. The number of hydrogen-bond acceptors (Lipinski definition) is 4. The van der Waals surface area contributed by atoms with Gasteiger partial charge < -0.3 is 4.90 Å². The molecule has 0 radical (unpaired) electrons. The van der Waals surface area contributed by atoms with E-state index in [-0.39, 0.29) is 11.7 Å². The Kier molecular flexibility index (Phi) is 5.56. The second-order valence-corrected chi connectivity index (χ2v) is 8.95. The van der Waals surface area contributed by atoms with E-state index in [1.165, 1.54) is 15.6 Å². The van der Waals surface area contributed by atoms with Crippen LogP contribution in [-0.2, 0) is 22.2 Å². The van der Waals surface area contributed by atoms with E-state index in [1.807, 2.05) is 48.7 Å². The fourth-order valence-corrected chi connectivity index (χ4v) is 5.47. The zero-order valence-electron chi connectivity index (χ0n) is 14.2. The molecule has 1 aliphatic heterocycles. The molecule has 0 spiro atoms. The first-order valence-electron chi connectivity index (χ1n) is 8.38. The van der Waals surface area contributed by atoms with Crippen LogP contribution in [0.5, 0.6) is 0 Å². The number of rotatable bonds is 5. The molecular weight excluding hydrogens is 356 g/mol. The quantitative estimate of drug-likeness (QED) is 0.804. The summed E-state index contributed by atoms with van der Waals surface area (Å²) in [4.78, 5) is 15.2. The number of carbonyl (C=O) groups excluding carboxylic acids is 1. The summed E-state index contributed by atoms with van der Waals surface area (Å²) in [7, 11) is -3.35. The third-order valence-corrected chi connectivity index (χ3v) is 7.23. The highest BCUT2D eigenvalue weighted by Crippen LogP contribution is 2.21. The normalized spacial score (nSPS) is 16.1. The molecule has 2 aromatic rings. The van der Waals surface area contributed by atoms with E-state index >= 15 is 0 Å². The molecule has 1 saturated heterocycles. The molecule has 1 aliphatic rings. The third-order valence-electron chi connectivity index (χ3n) is 4.43. The predicted molar refractivity (Wildman–Crippen MR) is 100 cm³/mol. The van der Waals surface area contributed by atoms with Crippen molar-refractivity contribution in [1.82, 2.24) is 9.21 Å². The number of carbonyl (C=O) groups is 1. The summed E-state index contributed by atoms with van der Waals surface area (Å²) in [6.45, 7) is 3.62. The van der Waals surface area contributed by atoms with Crippen LogP contribution >= 0.6 is 11.3 Å². The fourth-order valence-electron chi connectivity index (χ4n) is 2.99. The van der Waals surface area contributed by atoms with Gasteiger partial charge in [-0.05, 0) is 29.0 Å². The van der Waals surface area contributed by atoms with Gasteiger partial charge in [0, 0.05) is 26.2 Å². The van der Waals surface area contributed by atoms with Gasteiger partial charge in [-0.1, -0.05) is 37.3 Å². The van der Waals surface area contributed by atoms with Crippen molar-refractivity contribution < 1.29 is 13.2 Å². The number of amides is 1. The monoisotopic (exact) mass is 378 g/mol. The summed E-state index contributed by atoms with van der Waals surface area (Å²) in [6.07, 6.45) is 0.829.